The molecule has 2 aromatic carbocycles. The Bertz CT molecular complexity index is 1070. The van der Waals surface area contributed by atoms with Crippen LogP contribution in [0.25, 0.3) is 0 Å². The first kappa shape index (κ1) is 24.8. The monoisotopic (exact) mass is 498 g/mol. The third-order valence-electron chi connectivity index (χ3n) is 6.41. The summed E-state index contributed by atoms with van der Waals surface area (Å²) in [6.45, 7) is 2.37. The van der Waals surface area contributed by atoms with E-state index >= 15 is 0 Å². The van der Waals surface area contributed by atoms with E-state index in [1.54, 1.807) is 30.3 Å². The summed E-state index contributed by atoms with van der Waals surface area (Å²) in [5.41, 5.74) is 8.16. The van der Waals surface area contributed by atoms with Crippen molar-refractivity contribution >= 4 is 40.9 Å². The van der Waals surface area contributed by atoms with Crippen LogP contribution in [0.4, 0.5) is 21.0 Å². The van der Waals surface area contributed by atoms with Crippen LogP contribution >= 0.6 is 11.6 Å². The first-order valence-corrected chi connectivity index (χ1v) is 12.2. The molecule has 35 heavy (non-hydrogen) atoms. The fourth-order valence-corrected chi connectivity index (χ4v) is 4.65. The van der Waals surface area contributed by atoms with E-state index in [2.05, 4.69) is 16.0 Å². The Morgan fingerprint density at radius 2 is 1.49 bits per heavy atom. The Kier molecular flexibility index (Phi) is 7.77. The van der Waals surface area contributed by atoms with Gasteiger partial charge in [0.2, 0.25) is 0 Å². The summed E-state index contributed by atoms with van der Waals surface area (Å²) >= 11 is 5.94. The summed E-state index contributed by atoms with van der Waals surface area (Å²) in [6.07, 6.45) is 2.11. The highest BCUT2D eigenvalue weighted by atomic mass is 35.5. The zero-order chi connectivity index (χ0) is 24.9. The quantitative estimate of drug-likeness (QED) is 0.513. The van der Waals surface area contributed by atoms with Gasteiger partial charge in [0, 0.05) is 41.6 Å². The minimum absolute atomic E-state index is 0.0363. The van der Waals surface area contributed by atoms with E-state index in [9.17, 15) is 14.4 Å². The van der Waals surface area contributed by atoms with E-state index in [-0.39, 0.29) is 31.1 Å². The molecule has 4 rings (SSSR count). The Balaban J connectivity index is 1.51. The normalized spacial score (nSPS) is 22.0. The summed E-state index contributed by atoms with van der Waals surface area (Å²) in [6, 6.07) is 13.3. The molecule has 1 unspecified atom stereocenters. The van der Waals surface area contributed by atoms with Crippen molar-refractivity contribution in [2.24, 2.45) is 5.73 Å². The largest absolute Gasteiger partial charge is 0.350 e. The van der Waals surface area contributed by atoms with Crippen molar-refractivity contribution in [3.8, 4) is 0 Å². The maximum atomic E-state index is 13.4. The van der Waals surface area contributed by atoms with Gasteiger partial charge >= 0.3 is 12.1 Å². The number of hydrogen-bond acceptors (Lipinski definition) is 4. The SMILES string of the molecule is Cc1cccc(NC(=O)N2CCN(C(=O)Nc3ccc(Cl)cc3)C2C(=O)NC2CCC(N)CC2)c1. The van der Waals surface area contributed by atoms with Crippen LogP contribution in [0.1, 0.15) is 31.2 Å². The molecule has 1 saturated heterocycles. The second kappa shape index (κ2) is 11.0. The highest BCUT2D eigenvalue weighted by Crippen LogP contribution is 2.22. The predicted molar refractivity (Wildman–Crippen MR) is 136 cm³/mol. The van der Waals surface area contributed by atoms with Gasteiger partial charge in [-0.2, -0.15) is 0 Å². The number of hydrogen-bond donors (Lipinski definition) is 4. The summed E-state index contributed by atoms with van der Waals surface area (Å²) in [4.78, 5) is 42.5. The van der Waals surface area contributed by atoms with Gasteiger partial charge in [0.25, 0.3) is 5.91 Å². The first-order valence-electron chi connectivity index (χ1n) is 11.8. The molecule has 1 atom stereocenters. The molecule has 10 heteroatoms. The van der Waals surface area contributed by atoms with E-state index < -0.39 is 18.2 Å². The molecule has 0 bridgehead atoms. The molecule has 1 heterocycles. The minimum atomic E-state index is -1.08. The molecule has 2 fully saturated rings. The van der Waals surface area contributed by atoms with Gasteiger partial charge in [-0.1, -0.05) is 23.7 Å². The van der Waals surface area contributed by atoms with Crippen molar-refractivity contribution in [3.05, 3.63) is 59.1 Å². The number of nitrogens with two attached hydrogens (primary N) is 1. The second-order valence-electron chi connectivity index (χ2n) is 9.12. The number of carbonyl (C=O) groups excluding carboxylic acids is 3. The van der Waals surface area contributed by atoms with Crippen LogP contribution in [0.5, 0.6) is 0 Å². The maximum Gasteiger partial charge on any atom is 0.323 e. The number of nitrogens with zero attached hydrogens (tertiary/aromatic N) is 2. The third kappa shape index (κ3) is 6.23. The van der Waals surface area contributed by atoms with Crippen molar-refractivity contribution in [2.45, 2.75) is 50.9 Å². The Hall–Kier alpha value is -3.30. The van der Waals surface area contributed by atoms with Crippen molar-refractivity contribution in [1.29, 1.82) is 0 Å². The number of anilines is 2. The summed E-state index contributed by atoms with van der Waals surface area (Å²) in [5.74, 6) is -0.381. The van der Waals surface area contributed by atoms with Crippen LogP contribution in [-0.4, -0.2) is 59.1 Å². The number of benzene rings is 2. The molecule has 2 aromatic rings. The lowest BCUT2D eigenvalue weighted by atomic mass is 9.92. The van der Waals surface area contributed by atoms with Gasteiger partial charge in [0.15, 0.2) is 6.17 Å². The van der Waals surface area contributed by atoms with Crippen molar-refractivity contribution in [2.75, 3.05) is 23.7 Å². The number of carbonyl (C=O) groups is 3. The highest BCUT2D eigenvalue weighted by Gasteiger charge is 2.43. The molecule has 1 aliphatic heterocycles. The summed E-state index contributed by atoms with van der Waals surface area (Å²) < 4.78 is 0. The van der Waals surface area contributed by atoms with Gasteiger partial charge in [-0.05, 0) is 74.6 Å². The minimum Gasteiger partial charge on any atom is -0.350 e. The Morgan fingerprint density at radius 3 is 2.09 bits per heavy atom. The third-order valence-corrected chi connectivity index (χ3v) is 6.66. The smallest absolute Gasteiger partial charge is 0.323 e. The van der Waals surface area contributed by atoms with Gasteiger partial charge < -0.3 is 21.7 Å². The molecular weight excluding hydrogens is 468 g/mol. The number of urea groups is 2. The molecule has 1 aliphatic carbocycles. The molecule has 0 spiro atoms. The van der Waals surface area contributed by atoms with Crippen LogP contribution in [-0.2, 0) is 4.79 Å². The second-order valence-corrected chi connectivity index (χ2v) is 9.55. The molecule has 2 aliphatic rings. The highest BCUT2D eigenvalue weighted by molar-refractivity contribution is 6.30. The van der Waals surface area contributed by atoms with E-state index in [1.165, 1.54) is 9.80 Å². The topological polar surface area (TPSA) is 120 Å². The molecule has 1 saturated carbocycles. The van der Waals surface area contributed by atoms with E-state index in [0.29, 0.717) is 16.4 Å². The summed E-state index contributed by atoms with van der Waals surface area (Å²) in [7, 11) is 0. The first-order chi connectivity index (χ1) is 16.8. The standard InChI is InChI=1S/C25H31ClN6O3/c1-16-3-2-4-21(15-16)30-25(35)32-14-13-31(24(34)29-20-9-5-17(26)6-10-20)23(32)22(33)28-19-11-7-18(27)8-12-19/h2-6,9-10,15,18-19,23H,7-8,11-14,27H2,1H3,(H,28,33)(H,29,34)(H,30,35). The molecular formula is C25H31ClN6O3. The fraction of sp³-hybridized carbons (Fsp3) is 0.400. The number of aryl methyl sites for hydroxylation is 1. The van der Waals surface area contributed by atoms with Crippen LogP contribution in [0, 0.1) is 6.92 Å². The van der Waals surface area contributed by atoms with Gasteiger partial charge in [-0.15, -0.1) is 0 Å². The van der Waals surface area contributed by atoms with Crippen molar-refractivity contribution in [1.82, 2.24) is 15.1 Å². The van der Waals surface area contributed by atoms with Gasteiger partial charge in [0.05, 0.1) is 0 Å². The van der Waals surface area contributed by atoms with Crippen LogP contribution in [0.2, 0.25) is 5.02 Å². The van der Waals surface area contributed by atoms with E-state index in [0.717, 1.165) is 31.2 Å². The van der Waals surface area contributed by atoms with E-state index in [4.69, 9.17) is 17.3 Å². The molecule has 0 radical (unpaired) electrons. The lowest BCUT2D eigenvalue weighted by Crippen LogP contribution is -2.57. The summed E-state index contributed by atoms with van der Waals surface area (Å²) in [5, 5.41) is 9.24. The average Bonchev–Trinajstić information content (AvgIpc) is 3.28. The fourth-order valence-electron chi connectivity index (χ4n) is 4.52. The average molecular weight is 499 g/mol. The molecule has 5 N–H and O–H groups in total. The zero-order valence-electron chi connectivity index (χ0n) is 19.7. The zero-order valence-corrected chi connectivity index (χ0v) is 20.4. The van der Waals surface area contributed by atoms with E-state index in [1.807, 2.05) is 25.1 Å². The number of amides is 5. The maximum absolute atomic E-state index is 13.4. The lowest BCUT2D eigenvalue weighted by molar-refractivity contribution is -0.128. The number of nitrogens with one attached hydrogen (secondary N) is 3. The molecule has 0 aromatic heterocycles. The van der Waals surface area contributed by atoms with Crippen LogP contribution < -0.4 is 21.7 Å². The van der Waals surface area contributed by atoms with Crippen LogP contribution in [0.15, 0.2) is 48.5 Å². The van der Waals surface area contributed by atoms with Crippen molar-refractivity contribution in [3.63, 3.8) is 0 Å². The molecule has 5 amide bonds. The molecule has 9 nitrogen and oxygen atoms in total. The Morgan fingerprint density at radius 1 is 0.886 bits per heavy atom. The molecule has 186 valence electrons. The van der Waals surface area contributed by atoms with Gasteiger partial charge in [-0.3, -0.25) is 14.6 Å². The predicted octanol–water partition coefficient (Wildman–Crippen LogP) is 3.74. The number of halogens is 1. The van der Waals surface area contributed by atoms with Gasteiger partial charge in [0.1, 0.15) is 0 Å². The van der Waals surface area contributed by atoms with Crippen LogP contribution in [0.3, 0.4) is 0 Å². The van der Waals surface area contributed by atoms with Gasteiger partial charge in [-0.25, -0.2) is 9.59 Å². The lowest BCUT2D eigenvalue weighted by Gasteiger charge is -2.32. The Labute approximate surface area is 210 Å². The number of rotatable bonds is 4. The van der Waals surface area contributed by atoms with Crippen molar-refractivity contribution < 1.29 is 14.4 Å².